The summed E-state index contributed by atoms with van der Waals surface area (Å²) in [4.78, 5) is 24.5. The first-order chi connectivity index (χ1) is 16.6. The van der Waals surface area contributed by atoms with Gasteiger partial charge in [-0.1, -0.05) is 0 Å². The molecule has 35 heavy (non-hydrogen) atoms. The topological polar surface area (TPSA) is 143 Å². The minimum Gasteiger partial charge on any atom is -0.507 e. The summed E-state index contributed by atoms with van der Waals surface area (Å²) in [6.45, 7) is 3.33. The Kier molecular flexibility index (Phi) is 6.17. The SMILES string of the molecule is COc1cc(C=O)cc2c1C[C@@H](OC(=O)c1cc(C)c(O)c(C)c1)[C@@H](c1cc(O)c(O)c(O)c1)O2. The molecule has 9 nitrogen and oxygen atoms in total. The van der Waals surface area contributed by atoms with Crippen molar-refractivity contribution < 1.29 is 44.2 Å². The van der Waals surface area contributed by atoms with Gasteiger partial charge in [0.2, 0.25) is 0 Å². The molecular formula is C26H24O9. The third-order valence-corrected chi connectivity index (χ3v) is 5.95. The lowest BCUT2D eigenvalue weighted by molar-refractivity contribution is -0.0188. The van der Waals surface area contributed by atoms with Crippen molar-refractivity contribution >= 4 is 12.3 Å². The first-order valence-corrected chi connectivity index (χ1v) is 10.7. The van der Waals surface area contributed by atoms with Crippen LogP contribution in [-0.4, -0.2) is 45.9 Å². The summed E-state index contributed by atoms with van der Waals surface area (Å²) in [6.07, 6.45) is -1.17. The Labute approximate surface area is 200 Å². The Morgan fingerprint density at radius 2 is 1.60 bits per heavy atom. The second-order valence-corrected chi connectivity index (χ2v) is 8.37. The fourth-order valence-corrected chi connectivity index (χ4v) is 4.17. The summed E-state index contributed by atoms with van der Waals surface area (Å²) >= 11 is 0. The molecule has 3 aromatic rings. The standard InChI is InChI=1S/C26H24O9/c1-12-4-16(5-13(2)23(12)30)26(32)35-22-10-17-20(33-3)6-14(11-27)7-21(17)34-25(22)15-8-18(28)24(31)19(29)9-15/h4-9,11,22,25,28-31H,10H2,1-3H3/t22-,25-/m1/s1. The highest BCUT2D eigenvalue weighted by Gasteiger charge is 2.37. The lowest BCUT2D eigenvalue weighted by Gasteiger charge is -2.34. The second-order valence-electron chi connectivity index (χ2n) is 8.37. The normalized spacial score (nSPS) is 16.7. The van der Waals surface area contributed by atoms with Gasteiger partial charge in [0, 0.05) is 23.1 Å². The molecule has 1 aliphatic rings. The lowest BCUT2D eigenvalue weighted by atomic mass is 9.92. The largest absolute Gasteiger partial charge is 0.507 e. The van der Waals surface area contributed by atoms with Crippen LogP contribution in [0, 0.1) is 13.8 Å². The molecule has 0 amide bonds. The number of fused-ring (bicyclic) bond motifs is 1. The molecule has 1 heterocycles. The first kappa shape index (κ1) is 23.7. The summed E-state index contributed by atoms with van der Waals surface area (Å²) in [6, 6.07) is 8.46. The average Bonchev–Trinajstić information content (AvgIpc) is 2.84. The molecule has 9 heteroatoms. The molecule has 0 radical (unpaired) electrons. The van der Waals surface area contributed by atoms with Crippen LogP contribution >= 0.6 is 0 Å². The Morgan fingerprint density at radius 3 is 2.17 bits per heavy atom. The second kappa shape index (κ2) is 9.09. The summed E-state index contributed by atoms with van der Waals surface area (Å²) < 4.78 is 17.3. The highest BCUT2D eigenvalue weighted by molar-refractivity contribution is 5.90. The van der Waals surface area contributed by atoms with E-state index in [4.69, 9.17) is 14.2 Å². The third-order valence-electron chi connectivity index (χ3n) is 5.95. The van der Waals surface area contributed by atoms with Gasteiger partial charge in [-0.15, -0.1) is 0 Å². The van der Waals surface area contributed by atoms with Crippen LogP contribution in [0.1, 0.15) is 49.1 Å². The molecule has 0 unspecified atom stereocenters. The molecule has 0 aliphatic carbocycles. The van der Waals surface area contributed by atoms with Crippen LogP contribution in [0.25, 0.3) is 0 Å². The maximum absolute atomic E-state index is 13.1. The average molecular weight is 480 g/mol. The number of aldehydes is 1. The van der Waals surface area contributed by atoms with E-state index in [1.165, 1.54) is 37.4 Å². The number of ether oxygens (including phenoxy) is 3. The summed E-state index contributed by atoms with van der Waals surface area (Å²) in [7, 11) is 1.44. The van der Waals surface area contributed by atoms with Crippen LogP contribution in [0.2, 0.25) is 0 Å². The quantitative estimate of drug-likeness (QED) is 0.243. The molecule has 0 bridgehead atoms. The highest BCUT2D eigenvalue weighted by Crippen LogP contribution is 2.45. The molecule has 4 N–H and O–H groups in total. The Bertz CT molecular complexity index is 1280. The van der Waals surface area contributed by atoms with Crippen molar-refractivity contribution in [2.75, 3.05) is 7.11 Å². The Hall–Kier alpha value is -4.40. The minimum atomic E-state index is -1.00. The van der Waals surface area contributed by atoms with Gasteiger partial charge >= 0.3 is 5.97 Å². The number of phenols is 4. The minimum absolute atomic E-state index is 0.0834. The molecule has 4 rings (SSSR count). The van der Waals surface area contributed by atoms with Gasteiger partial charge in [-0.3, -0.25) is 4.79 Å². The van der Waals surface area contributed by atoms with E-state index in [1.54, 1.807) is 19.9 Å². The molecule has 1 aliphatic heterocycles. The Morgan fingerprint density at radius 1 is 0.971 bits per heavy atom. The molecule has 182 valence electrons. The molecule has 0 fully saturated rings. The predicted octanol–water partition coefficient (Wildman–Crippen LogP) is 3.85. The van der Waals surface area contributed by atoms with Gasteiger partial charge in [0.1, 0.15) is 29.6 Å². The number of methoxy groups -OCH3 is 1. The number of phenolic OH excluding ortho intramolecular Hbond substituents is 4. The zero-order chi connectivity index (χ0) is 25.4. The van der Waals surface area contributed by atoms with Crippen LogP contribution in [-0.2, 0) is 11.2 Å². The lowest BCUT2D eigenvalue weighted by Crippen LogP contribution is -2.35. The van der Waals surface area contributed by atoms with Gasteiger partial charge in [0.05, 0.1) is 12.7 Å². The van der Waals surface area contributed by atoms with Gasteiger partial charge < -0.3 is 34.6 Å². The van der Waals surface area contributed by atoms with Crippen molar-refractivity contribution in [1.82, 2.24) is 0 Å². The van der Waals surface area contributed by atoms with Crippen LogP contribution in [0.4, 0.5) is 0 Å². The van der Waals surface area contributed by atoms with E-state index in [0.717, 1.165) is 0 Å². The first-order valence-electron chi connectivity index (χ1n) is 10.7. The maximum atomic E-state index is 13.1. The van der Waals surface area contributed by atoms with E-state index in [-0.39, 0.29) is 23.3 Å². The van der Waals surface area contributed by atoms with Crippen molar-refractivity contribution in [2.24, 2.45) is 0 Å². The van der Waals surface area contributed by atoms with Gasteiger partial charge in [0.15, 0.2) is 23.4 Å². The van der Waals surface area contributed by atoms with Crippen LogP contribution < -0.4 is 9.47 Å². The number of carbonyl (C=O) groups excluding carboxylic acids is 2. The number of esters is 1. The zero-order valence-electron chi connectivity index (χ0n) is 19.2. The van der Waals surface area contributed by atoms with Crippen LogP contribution in [0.15, 0.2) is 36.4 Å². The van der Waals surface area contributed by atoms with Crippen molar-refractivity contribution in [3.05, 3.63) is 69.8 Å². The number of hydrogen-bond donors (Lipinski definition) is 4. The monoisotopic (exact) mass is 480 g/mol. The van der Waals surface area contributed by atoms with E-state index in [1.807, 2.05) is 0 Å². The van der Waals surface area contributed by atoms with Gasteiger partial charge in [0.25, 0.3) is 0 Å². The molecule has 0 spiro atoms. The summed E-state index contributed by atoms with van der Waals surface area (Å²) in [5.74, 6) is -1.76. The van der Waals surface area contributed by atoms with Crippen LogP contribution in [0.3, 0.4) is 0 Å². The number of rotatable bonds is 5. The van der Waals surface area contributed by atoms with Crippen LogP contribution in [0.5, 0.6) is 34.5 Å². The maximum Gasteiger partial charge on any atom is 0.338 e. The van der Waals surface area contributed by atoms with Crippen molar-refractivity contribution in [3.8, 4) is 34.5 Å². The fourth-order valence-electron chi connectivity index (χ4n) is 4.17. The fraction of sp³-hybridized carbons (Fsp3) is 0.231. The van der Waals surface area contributed by atoms with Crippen molar-refractivity contribution in [3.63, 3.8) is 0 Å². The van der Waals surface area contributed by atoms with Gasteiger partial charge in [-0.2, -0.15) is 0 Å². The molecule has 0 saturated carbocycles. The van der Waals surface area contributed by atoms with E-state index < -0.39 is 35.4 Å². The summed E-state index contributed by atoms with van der Waals surface area (Å²) in [5, 5.41) is 39.9. The predicted molar refractivity (Wildman–Crippen MR) is 124 cm³/mol. The number of benzene rings is 3. The number of aromatic hydroxyl groups is 4. The van der Waals surface area contributed by atoms with Gasteiger partial charge in [-0.25, -0.2) is 4.79 Å². The summed E-state index contributed by atoms with van der Waals surface area (Å²) in [5.41, 5.74) is 2.35. The Balaban J connectivity index is 1.78. The highest BCUT2D eigenvalue weighted by atomic mass is 16.6. The molecule has 0 saturated heterocycles. The number of aryl methyl sites for hydroxylation is 2. The zero-order valence-corrected chi connectivity index (χ0v) is 19.2. The van der Waals surface area contributed by atoms with E-state index >= 15 is 0 Å². The third kappa shape index (κ3) is 4.40. The van der Waals surface area contributed by atoms with Crippen molar-refractivity contribution in [2.45, 2.75) is 32.5 Å². The van der Waals surface area contributed by atoms with E-state index in [9.17, 15) is 30.0 Å². The molecule has 3 aromatic carbocycles. The molecular weight excluding hydrogens is 456 g/mol. The number of carbonyl (C=O) groups is 2. The van der Waals surface area contributed by atoms with E-state index in [2.05, 4.69) is 0 Å². The molecule has 2 atom stereocenters. The van der Waals surface area contributed by atoms with Crippen molar-refractivity contribution in [1.29, 1.82) is 0 Å². The molecule has 0 aromatic heterocycles. The van der Waals surface area contributed by atoms with E-state index in [0.29, 0.717) is 40.0 Å². The smallest absolute Gasteiger partial charge is 0.338 e. The van der Waals surface area contributed by atoms with Gasteiger partial charge in [-0.05, 0) is 61.4 Å². The number of hydrogen-bond acceptors (Lipinski definition) is 9.